The van der Waals surface area contributed by atoms with E-state index in [4.69, 9.17) is 10.5 Å². The molecule has 0 spiro atoms. The number of nitrogens with two attached hydrogens (primary N) is 1. The first-order valence-corrected chi connectivity index (χ1v) is 7.72. The van der Waals surface area contributed by atoms with Crippen molar-refractivity contribution in [1.29, 1.82) is 0 Å². The topological polar surface area (TPSA) is 61.0 Å². The number of aromatic nitrogens is 2. The number of thiophene rings is 1. The highest BCUT2D eigenvalue weighted by Gasteiger charge is 2.07. The van der Waals surface area contributed by atoms with Crippen molar-refractivity contribution in [3.63, 3.8) is 0 Å². The first-order valence-electron chi connectivity index (χ1n) is 6.05. The molecule has 4 nitrogen and oxygen atoms in total. The maximum atomic E-state index is 5.90. The fourth-order valence-electron chi connectivity index (χ4n) is 1.86. The summed E-state index contributed by atoms with van der Waals surface area (Å²) in [5.41, 5.74) is 7.00. The Morgan fingerprint density at radius 3 is 2.85 bits per heavy atom. The van der Waals surface area contributed by atoms with Crippen molar-refractivity contribution in [3.8, 4) is 0 Å². The summed E-state index contributed by atoms with van der Waals surface area (Å²) < 4.78 is 6.70. The number of benzene rings is 1. The zero-order chi connectivity index (χ0) is 13.9. The average molecular weight is 350 g/mol. The number of halogens is 1. The highest BCUT2D eigenvalue weighted by Crippen LogP contribution is 2.23. The Kier molecular flexibility index (Phi) is 3.95. The Hall–Kier alpha value is -1.50. The van der Waals surface area contributed by atoms with E-state index < -0.39 is 0 Å². The van der Waals surface area contributed by atoms with Gasteiger partial charge in [-0.1, -0.05) is 34.1 Å². The van der Waals surface area contributed by atoms with Gasteiger partial charge in [0.1, 0.15) is 17.3 Å². The number of hydrogen-bond acceptors (Lipinski definition) is 5. The average Bonchev–Trinajstić information content (AvgIpc) is 2.90. The standard InChI is InChI=1S/C14H12BrN3OS/c15-11-4-2-1-3-9(11)7-19-8-12-17-13(16)10-5-6-20-14(10)18-12/h1-6H,7-8H2,(H2,16,17,18). The molecule has 0 aliphatic carbocycles. The van der Waals surface area contributed by atoms with Crippen molar-refractivity contribution >= 4 is 43.3 Å². The number of fused-ring (bicyclic) bond motifs is 1. The van der Waals surface area contributed by atoms with E-state index >= 15 is 0 Å². The second-order valence-electron chi connectivity index (χ2n) is 4.25. The summed E-state index contributed by atoms with van der Waals surface area (Å²) in [5, 5.41) is 2.87. The fraction of sp³-hybridized carbons (Fsp3) is 0.143. The molecule has 3 rings (SSSR count). The summed E-state index contributed by atoms with van der Waals surface area (Å²) in [7, 11) is 0. The minimum atomic E-state index is 0.347. The van der Waals surface area contributed by atoms with Gasteiger partial charge in [0.05, 0.1) is 12.0 Å². The van der Waals surface area contributed by atoms with Crippen LogP contribution < -0.4 is 5.73 Å². The van der Waals surface area contributed by atoms with Crippen molar-refractivity contribution in [1.82, 2.24) is 9.97 Å². The maximum absolute atomic E-state index is 5.90. The number of hydrogen-bond donors (Lipinski definition) is 1. The molecule has 0 saturated carbocycles. The van der Waals surface area contributed by atoms with Crippen LogP contribution in [0.5, 0.6) is 0 Å². The van der Waals surface area contributed by atoms with Gasteiger partial charge in [0.15, 0.2) is 5.82 Å². The van der Waals surface area contributed by atoms with Crippen LogP contribution in [0.3, 0.4) is 0 Å². The van der Waals surface area contributed by atoms with Crippen LogP contribution in [0.1, 0.15) is 11.4 Å². The van der Waals surface area contributed by atoms with Crippen LogP contribution in [0, 0.1) is 0 Å². The highest BCUT2D eigenvalue weighted by atomic mass is 79.9. The van der Waals surface area contributed by atoms with Crippen LogP contribution in [0.25, 0.3) is 10.2 Å². The van der Waals surface area contributed by atoms with Crippen LogP contribution >= 0.6 is 27.3 Å². The Balaban J connectivity index is 1.69. The number of anilines is 1. The summed E-state index contributed by atoms with van der Waals surface area (Å²) in [5.74, 6) is 1.13. The number of nitrogen functional groups attached to an aromatic ring is 1. The van der Waals surface area contributed by atoms with Gasteiger partial charge in [-0.2, -0.15) is 0 Å². The molecule has 0 amide bonds. The minimum Gasteiger partial charge on any atom is -0.383 e. The highest BCUT2D eigenvalue weighted by molar-refractivity contribution is 9.10. The molecule has 2 N–H and O–H groups in total. The molecule has 0 radical (unpaired) electrons. The summed E-state index contributed by atoms with van der Waals surface area (Å²) in [6.45, 7) is 0.854. The minimum absolute atomic E-state index is 0.347. The van der Waals surface area contributed by atoms with Crippen LogP contribution in [-0.4, -0.2) is 9.97 Å². The Morgan fingerprint density at radius 2 is 2.00 bits per heavy atom. The van der Waals surface area contributed by atoms with Gasteiger partial charge >= 0.3 is 0 Å². The van der Waals surface area contributed by atoms with E-state index in [1.807, 2.05) is 35.7 Å². The second kappa shape index (κ2) is 5.87. The molecule has 0 aliphatic heterocycles. The van der Waals surface area contributed by atoms with Crippen LogP contribution in [0.2, 0.25) is 0 Å². The molecule has 3 aromatic rings. The zero-order valence-electron chi connectivity index (χ0n) is 10.5. The van der Waals surface area contributed by atoms with Gasteiger partial charge in [0, 0.05) is 4.47 Å². The Morgan fingerprint density at radius 1 is 1.15 bits per heavy atom. The van der Waals surface area contributed by atoms with Gasteiger partial charge in [0.25, 0.3) is 0 Å². The molecule has 20 heavy (non-hydrogen) atoms. The molecule has 0 fully saturated rings. The lowest BCUT2D eigenvalue weighted by Gasteiger charge is -2.06. The quantitative estimate of drug-likeness (QED) is 0.778. The summed E-state index contributed by atoms with van der Waals surface area (Å²) in [4.78, 5) is 9.60. The normalized spacial score (nSPS) is 11.1. The van der Waals surface area contributed by atoms with Gasteiger partial charge in [-0.3, -0.25) is 0 Å². The van der Waals surface area contributed by atoms with Crippen LogP contribution in [0.4, 0.5) is 5.82 Å². The SMILES string of the molecule is Nc1nc(COCc2ccccc2Br)nc2sccc12. The van der Waals surface area contributed by atoms with Crippen molar-refractivity contribution in [3.05, 3.63) is 51.6 Å². The van der Waals surface area contributed by atoms with E-state index in [1.165, 1.54) is 0 Å². The van der Waals surface area contributed by atoms with Crippen molar-refractivity contribution < 1.29 is 4.74 Å². The van der Waals surface area contributed by atoms with E-state index in [9.17, 15) is 0 Å². The largest absolute Gasteiger partial charge is 0.383 e. The van der Waals surface area contributed by atoms with Crippen molar-refractivity contribution in [2.75, 3.05) is 5.73 Å². The summed E-state index contributed by atoms with van der Waals surface area (Å²) in [6, 6.07) is 9.89. The van der Waals surface area contributed by atoms with Crippen molar-refractivity contribution in [2.45, 2.75) is 13.2 Å². The molecule has 0 saturated heterocycles. The third-order valence-corrected chi connectivity index (χ3v) is 4.43. The Bertz CT molecular complexity index is 744. The first-order chi connectivity index (χ1) is 9.74. The predicted octanol–water partition coefficient (Wildman–Crippen LogP) is 3.75. The molecule has 2 heterocycles. The fourth-order valence-corrected chi connectivity index (χ4v) is 3.05. The smallest absolute Gasteiger partial charge is 0.158 e. The molecule has 1 aromatic carbocycles. The van der Waals surface area contributed by atoms with Gasteiger partial charge in [-0.05, 0) is 23.1 Å². The third-order valence-electron chi connectivity index (χ3n) is 2.85. The lowest BCUT2D eigenvalue weighted by molar-refractivity contribution is 0.102. The maximum Gasteiger partial charge on any atom is 0.158 e. The van der Waals surface area contributed by atoms with Gasteiger partial charge in [0.2, 0.25) is 0 Å². The molecule has 0 atom stereocenters. The monoisotopic (exact) mass is 349 g/mol. The summed E-state index contributed by atoms with van der Waals surface area (Å²) >= 11 is 5.05. The lowest BCUT2D eigenvalue weighted by atomic mass is 10.2. The number of nitrogens with zero attached hydrogens (tertiary/aromatic N) is 2. The lowest BCUT2D eigenvalue weighted by Crippen LogP contribution is -2.02. The number of ether oxygens (including phenoxy) is 1. The van der Waals surface area contributed by atoms with Gasteiger partial charge < -0.3 is 10.5 Å². The summed E-state index contributed by atoms with van der Waals surface area (Å²) in [6.07, 6.45) is 0. The van der Waals surface area contributed by atoms with Crippen LogP contribution in [-0.2, 0) is 18.0 Å². The van der Waals surface area contributed by atoms with E-state index in [0.29, 0.717) is 24.9 Å². The molecule has 102 valence electrons. The van der Waals surface area contributed by atoms with Gasteiger partial charge in [-0.15, -0.1) is 11.3 Å². The third kappa shape index (κ3) is 2.82. The zero-order valence-corrected chi connectivity index (χ0v) is 12.9. The van der Waals surface area contributed by atoms with Crippen LogP contribution in [0.15, 0.2) is 40.2 Å². The first kappa shape index (κ1) is 13.5. The predicted molar refractivity (Wildman–Crippen MR) is 84.5 cm³/mol. The molecule has 0 aliphatic rings. The molecule has 0 bridgehead atoms. The molecule has 6 heteroatoms. The molecular weight excluding hydrogens is 338 g/mol. The van der Waals surface area contributed by atoms with Gasteiger partial charge in [-0.25, -0.2) is 9.97 Å². The van der Waals surface area contributed by atoms with Crippen molar-refractivity contribution in [2.24, 2.45) is 0 Å². The Labute approximate surface area is 128 Å². The number of rotatable bonds is 4. The molecule has 0 unspecified atom stereocenters. The molecular formula is C14H12BrN3OS. The van der Waals surface area contributed by atoms with E-state index in [0.717, 1.165) is 20.3 Å². The second-order valence-corrected chi connectivity index (χ2v) is 6.00. The van der Waals surface area contributed by atoms with E-state index in [2.05, 4.69) is 25.9 Å². The van der Waals surface area contributed by atoms with E-state index in [1.54, 1.807) is 11.3 Å². The molecule has 2 aromatic heterocycles. The van der Waals surface area contributed by atoms with E-state index in [-0.39, 0.29) is 0 Å².